The minimum Gasteiger partial charge on any atom is -0.376 e. The molecule has 1 aromatic rings. The number of benzene rings is 1. The summed E-state index contributed by atoms with van der Waals surface area (Å²) >= 11 is 0. The number of anilines is 1. The highest BCUT2D eigenvalue weighted by molar-refractivity contribution is 6.07. The van der Waals surface area contributed by atoms with E-state index in [1.165, 1.54) is 0 Å². The van der Waals surface area contributed by atoms with Crippen LogP contribution in [0, 0.1) is 23.2 Å². The lowest BCUT2D eigenvalue weighted by atomic mass is 9.51. The SMILES string of the molecule is C=CC12CN(C)C3C4COC(C[C@H]41)[C@@]1(C(=O)Nc4ccccc41)C32. The zero-order valence-corrected chi connectivity index (χ0v) is 13.9. The monoisotopic (exact) mass is 322 g/mol. The molecular weight excluding hydrogens is 300 g/mol. The highest BCUT2D eigenvalue weighted by Gasteiger charge is 2.79. The number of carbonyl (C=O) groups excluding carboxylic acids is 1. The normalized spacial score (nSPS) is 50.4. The first-order chi connectivity index (χ1) is 11.6. The van der Waals surface area contributed by atoms with Crippen LogP contribution < -0.4 is 5.32 Å². The quantitative estimate of drug-likeness (QED) is 0.805. The van der Waals surface area contributed by atoms with Gasteiger partial charge in [-0.1, -0.05) is 24.3 Å². The molecule has 0 aromatic heterocycles. The van der Waals surface area contributed by atoms with Crippen molar-refractivity contribution in [2.24, 2.45) is 23.2 Å². The fourth-order valence-corrected chi connectivity index (χ4v) is 7.38. The Labute approximate surface area is 141 Å². The van der Waals surface area contributed by atoms with Gasteiger partial charge in [-0.05, 0) is 31.0 Å². The minimum atomic E-state index is -0.554. The van der Waals surface area contributed by atoms with E-state index in [1.54, 1.807) is 0 Å². The van der Waals surface area contributed by atoms with E-state index in [-0.39, 0.29) is 23.3 Å². The number of nitrogens with zero attached hydrogens (tertiary/aromatic N) is 1. The molecule has 4 fully saturated rings. The lowest BCUT2D eigenvalue weighted by Gasteiger charge is -2.54. The summed E-state index contributed by atoms with van der Waals surface area (Å²) in [5, 5.41) is 3.18. The third-order valence-corrected chi connectivity index (χ3v) is 7.93. The van der Waals surface area contributed by atoms with Crippen LogP contribution in [-0.4, -0.2) is 43.2 Å². The molecule has 3 heterocycles. The van der Waals surface area contributed by atoms with Crippen molar-refractivity contribution < 1.29 is 9.53 Å². The molecule has 2 saturated carbocycles. The van der Waals surface area contributed by atoms with Crippen LogP contribution in [0.2, 0.25) is 0 Å². The Balaban J connectivity index is 1.69. The Kier molecular flexibility index (Phi) is 2.24. The third kappa shape index (κ3) is 1.12. The Hall–Kier alpha value is -1.65. The number of likely N-dealkylation sites (tertiary alicyclic amines) is 1. The molecule has 5 bridgehead atoms. The molecule has 1 amide bonds. The van der Waals surface area contributed by atoms with E-state index in [0.29, 0.717) is 17.9 Å². The Morgan fingerprint density at radius 1 is 1.42 bits per heavy atom. The number of para-hydroxylation sites is 1. The first kappa shape index (κ1) is 13.6. The second-order valence-electron chi connectivity index (χ2n) is 8.40. The number of carbonyl (C=O) groups is 1. The summed E-state index contributed by atoms with van der Waals surface area (Å²) in [6, 6.07) is 8.64. The van der Waals surface area contributed by atoms with Crippen molar-refractivity contribution in [2.45, 2.75) is 24.0 Å². The van der Waals surface area contributed by atoms with Gasteiger partial charge in [0, 0.05) is 35.5 Å². The number of piperidine rings is 1. The summed E-state index contributed by atoms with van der Waals surface area (Å²) < 4.78 is 6.34. The number of hydrogen-bond donors (Lipinski definition) is 1. The summed E-state index contributed by atoms with van der Waals surface area (Å²) in [6.45, 7) is 6.06. The first-order valence-corrected chi connectivity index (χ1v) is 9.01. The number of amides is 1. The van der Waals surface area contributed by atoms with Crippen molar-refractivity contribution in [3.05, 3.63) is 42.5 Å². The molecule has 1 spiro atoms. The second kappa shape index (κ2) is 3.94. The van der Waals surface area contributed by atoms with Crippen LogP contribution in [0.3, 0.4) is 0 Å². The van der Waals surface area contributed by atoms with Gasteiger partial charge in [0.1, 0.15) is 5.41 Å². The Bertz CT molecular complexity index is 792. The number of ether oxygens (including phenoxy) is 1. The van der Waals surface area contributed by atoms with Gasteiger partial charge in [0.15, 0.2) is 0 Å². The van der Waals surface area contributed by atoms with Gasteiger partial charge in [0.2, 0.25) is 5.91 Å². The van der Waals surface area contributed by atoms with Gasteiger partial charge in [0.25, 0.3) is 0 Å². The van der Waals surface area contributed by atoms with Gasteiger partial charge < -0.3 is 15.0 Å². The van der Waals surface area contributed by atoms with Gasteiger partial charge in [-0.15, -0.1) is 6.58 Å². The van der Waals surface area contributed by atoms with E-state index < -0.39 is 5.41 Å². The molecule has 5 unspecified atom stereocenters. The van der Waals surface area contributed by atoms with Gasteiger partial charge in [-0.2, -0.15) is 0 Å². The van der Waals surface area contributed by atoms with Gasteiger partial charge >= 0.3 is 0 Å². The zero-order chi connectivity index (χ0) is 16.3. The standard InChI is InChI=1S/C20H22N2O2/c1-3-19-10-22(2)16-11-9-24-15(8-13(11)19)20(17(16)19)12-6-4-5-7-14(12)21-18(20)23/h3-7,11,13,15-17H,1,8-10H2,2H3,(H,21,23)/t11?,13-,15?,16?,17?,19?,20-/m1/s1. The van der Waals surface area contributed by atoms with Crippen LogP contribution in [0.4, 0.5) is 5.69 Å². The molecule has 5 aliphatic rings. The predicted molar refractivity (Wildman–Crippen MR) is 90.6 cm³/mol. The Morgan fingerprint density at radius 2 is 2.25 bits per heavy atom. The van der Waals surface area contributed by atoms with Crippen molar-refractivity contribution in [3.8, 4) is 0 Å². The highest BCUT2D eigenvalue weighted by Crippen LogP contribution is 2.73. The average Bonchev–Trinajstić information content (AvgIpc) is 3.08. The number of hydrogen-bond acceptors (Lipinski definition) is 3. The summed E-state index contributed by atoms with van der Waals surface area (Å²) in [7, 11) is 2.21. The maximum absolute atomic E-state index is 13.4. The third-order valence-electron chi connectivity index (χ3n) is 7.93. The molecule has 2 aliphatic carbocycles. The summed E-state index contributed by atoms with van der Waals surface area (Å²) in [5.74, 6) is 1.56. The molecule has 4 nitrogen and oxygen atoms in total. The molecule has 2 saturated heterocycles. The van der Waals surface area contributed by atoms with Crippen molar-refractivity contribution in [1.29, 1.82) is 0 Å². The van der Waals surface area contributed by atoms with E-state index in [1.807, 2.05) is 12.1 Å². The summed E-state index contributed by atoms with van der Waals surface area (Å²) in [6.07, 6.45) is 3.17. The highest BCUT2D eigenvalue weighted by atomic mass is 16.5. The molecule has 124 valence electrons. The van der Waals surface area contributed by atoms with E-state index in [4.69, 9.17) is 4.74 Å². The molecule has 24 heavy (non-hydrogen) atoms. The molecule has 7 atom stereocenters. The van der Waals surface area contributed by atoms with Crippen LogP contribution in [0.1, 0.15) is 12.0 Å². The van der Waals surface area contributed by atoms with Crippen LogP contribution in [0.15, 0.2) is 36.9 Å². The van der Waals surface area contributed by atoms with Crippen LogP contribution in [0.5, 0.6) is 0 Å². The Morgan fingerprint density at radius 3 is 3.08 bits per heavy atom. The van der Waals surface area contributed by atoms with Crippen LogP contribution >= 0.6 is 0 Å². The topological polar surface area (TPSA) is 41.6 Å². The van der Waals surface area contributed by atoms with E-state index in [2.05, 4.69) is 42.1 Å². The van der Waals surface area contributed by atoms with Crippen molar-refractivity contribution >= 4 is 11.6 Å². The van der Waals surface area contributed by atoms with Gasteiger partial charge in [-0.3, -0.25) is 4.79 Å². The van der Waals surface area contributed by atoms with E-state index >= 15 is 0 Å². The maximum Gasteiger partial charge on any atom is 0.238 e. The smallest absolute Gasteiger partial charge is 0.238 e. The molecule has 4 heteroatoms. The van der Waals surface area contributed by atoms with Gasteiger partial charge in [0.05, 0.1) is 12.7 Å². The number of rotatable bonds is 1. The molecular formula is C20H22N2O2. The fraction of sp³-hybridized carbons (Fsp3) is 0.550. The molecule has 3 aliphatic heterocycles. The van der Waals surface area contributed by atoms with E-state index in [9.17, 15) is 4.79 Å². The molecule has 0 radical (unpaired) electrons. The number of fused-ring (bicyclic) bond motifs is 5. The van der Waals surface area contributed by atoms with Gasteiger partial charge in [-0.25, -0.2) is 0 Å². The molecule has 6 rings (SSSR count). The van der Waals surface area contributed by atoms with Crippen LogP contribution in [0.25, 0.3) is 0 Å². The largest absolute Gasteiger partial charge is 0.376 e. The average molecular weight is 322 g/mol. The molecule has 1 aromatic carbocycles. The second-order valence-corrected chi connectivity index (χ2v) is 8.40. The summed E-state index contributed by atoms with van der Waals surface area (Å²) in [4.78, 5) is 15.9. The minimum absolute atomic E-state index is 0.00280. The van der Waals surface area contributed by atoms with E-state index in [0.717, 1.165) is 30.8 Å². The molecule has 1 N–H and O–H groups in total. The van der Waals surface area contributed by atoms with Crippen LogP contribution in [-0.2, 0) is 14.9 Å². The predicted octanol–water partition coefficient (Wildman–Crippen LogP) is 2.03. The van der Waals surface area contributed by atoms with Crippen molar-refractivity contribution in [2.75, 3.05) is 25.5 Å². The lowest BCUT2D eigenvalue weighted by Crippen LogP contribution is -2.62. The number of nitrogens with one attached hydrogen (secondary N) is 1. The first-order valence-electron chi connectivity index (χ1n) is 9.01. The fourth-order valence-electron chi connectivity index (χ4n) is 7.38. The van der Waals surface area contributed by atoms with Crippen molar-refractivity contribution in [1.82, 2.24) is 4.90 Å². The zero-order valence-electron chi connectivity index (χ0n) is 13.9. The summed E-state index contributed by atoms with van der Waals surface area (Å²) in [5.41, 5.74) is 1.61. The maximum atomic E-state index is 13.4. The van der Waals surface area contributed by atoms with Crippen molar-refractivity contribution in [3.63, 3.8) is 0 Å². The lowest BCUT2D eigenvalue weighted by molar-refractivity contribution is -0.153.